The van der Waals surface area contributed by atoms with Crippen LogP contribution in [0.1, 0.15) is 45.6 Å². The first-order valence-corrected chi connectivity index (χ1v) is 8.28. The number of benzene rings is 1. The lowest BCUT2D eigenvalue weighted by Gasteiger charge is -2.32. The van der Waals surface area contributed by atoms with Gasteiger partial charge >= 0.3 is 0 Å². The van der Waals surface area contributed by atoms with Crippen LogP contribution in [0.5, 0.6) is 0 Å². The van der Waals surface area contributed by atoms with E-state index in [1.165, 1.54) is 43.5 Å². The zero-order valence-corrected chi connectivity index (χ0v) is 13.4. The van der Waals surface area contributed by atoms with Gasteiger partial charge < -0.3 is 10.2 Å². The molecule has 0 amide bonds. The third-order valence-electron chi connectivity index (χ3n) is 4.33. The quantitative estimate of drug-likeness (QED) is 0.847. The van der Waals surface area contributed by atoms with Gasteiger partial charge in [0.2, 0.25) is 0 Å². The summed E-state index contributed by atoms with van der Waals surface area (Å²) in [5.41, 5.74) is 3.00. The lowest BCUT2D eigenvalue weighted by Crippen LogP contribution is -2.45. The van der Waals surface area contributed by atoms with Crippen LogP contribution in [0, 0.1) is 5.92 Å². The second kappa shape index (κ2) is 7.68. The van der Waals surface area contributed by atoms with E-state index in [0.29, 0.717) is 12.0 Å². The molecule has 112 valence electrons. The molecule has 1 N–H and O–H groups in total. The number of nitrogens with zero attached hydrogens (tertiary/aromatic N) is 1. The first-order valence-electron chi connectivity index (χ1n) is 8.28. The average Bonchev–Trinajstić information content (AvgIpc) is 2.65. The fourth-order valence-electron chi connectivity index (χ4n) is 3.04. The maximum Gasteiger partial charge on any atom is 0.0399 e. The number of rotatable bonds is 6. The van der Waals surface area contributed by atoms with Gasteiger partial charge in [-0.2, -0.15) is 0 Å². The van der Waals surface area contributed by atoms with E-state index in [2.05, 4.69) is 55.3 Å². The Morgan fingerprint density at radius 2 is 2.00 bits per heavy atom. The van der Waals surface area contributed by atoms with Gasteiger partial charge in [-0.15, -0.1) is 0 Å². The summed E-state index contributed by atoms with van der Waals surface area (Å²) >= 11 is 0. The number of anilines is 1. The summed E-state index contributed by atoms with van der Waals surface area (Å²) in [6, 6.07) is 9.55. The van der Waals surface area contributed by atoms with Crippen molar-refractivity contribution in [3.63, 3.8) is 0 Å². The van der Waals surface area contributed by atoms with Crippen LogP contribution in [0.2, 0.25) is 0 Å². The van der Waals surface area contributed by atoms with E-state index in [1.807, 2.05) is 0 Å². The van der Waals surface area contributed by atoms with E-state index in [1.54, 1.807) is 0 Å². The van der Waals surface area contributed by atoms with Gasteiger partial charge in [0.25, 0.3) is 0 Å². The zero-order valence-electron chi connectivity index (χ0n) is 13.4. The highest BCUT2D eigenvalue weighted by Gasteiger charge is 2.20. The van der Waals surface area contributed by atoms with Crippen molar-refractivity contribution in [1.82, 2.24) is 5.32 Å². The van der Waals surface area contributed by atoms with Crippen molar-refractivity contribution in [3.05, 3.63) is 29.8 Å². The Hall–Kier alpha value is -1.02. The van der Waals surface area contributed by atoms with Gasteiger partial charge in [-0.3, -0.25) is 0 Å². The number of fused-ring (bicyclic) bond motifs is 1. The highest BCUT2D eigenvalue weighted by Crippen LogP contribution is 2.26. The van der Waals surface area contributed by atoms with Crippen LogP contribution >= 0.6 is 0 Å². The molecule has 1 unspecified atom stereocenters. The first kappa shape index (κ1) is 15.4. The smallest absolute Gasteiger partial charge is 0.0399 e. The molecule has 0 aromatic heterocycles. The molecule has 1 aliphatic heterocycles. The summed E-state index contributed by atoms with van der Waals surface area (Å²) in [6.45, 7) is 10.4. The van der Waals surface area contributed by atoms with Crippen LogP contribution in [0.25, 0.3) is 0 Å². The molecule has 20 heavy (non-hydrogen) atoms. The minimum Gasteiger partial charge on any atom is -0.370 e. The molecule has 2 heteroatoms. The second-order valence-corrected chi connectivity index (χ2v) is 6.34. The number of aryl methyl sites for hydroxylation is 1. The van der Waals surface area contributed by atoms with Crippen molar-refractivity contribution in [2.75, 3.05) is 24.5 Å². The van der Waals surface area contributed by atoms with Gasteiger partial charge in [-0.05, 0) is 49.8 Å². The van der Waals surface area contributed by atoms with Gasteiger partial charge in [-0.1, -0.05) is 39.0 Å². The molecule has 1 aliphatic rings. The number of nitrogens with one attached hydrogen (secondary N) is 1. The standard InChI is InChI=1S/C18H30N2/c1-4-12-19-17(15(2)3)14-20-13-8-7-10-16-9-5-6-11-18(16)20/h5-6,9,11,15,17,19H,4,7-8,10,12-14H2,1-3H3. The van der Waals surface area contributed by atoms with Crippen molar-refractivity contribution in [3.8, 4) is 0 Å². The molecule has 2 nitrogen and oxygen atoms in total. The minimum absolute atomic E-state index is 0.584. The molecule has 0 radical (unpaired) electrons. The number of para-hydroxylation sites is 1. The molecule has 1 aromatic carbocycles. The molecule has 2 rings (SSSR count). The molecule has 0 saturated heterocycles. The van der Waals surface area contributed by atoms with Crippen LogP contribution in [0.3, 0.4) is 0 Å². The van der Waals surface area contributed by atoms with E-state index in [-0.39, 0.29) is 0 Å². The monoisotopic (exact) mass is 274 g/mol. The maximum atomic E-state index is 3.73. The minimum atomic E-state index is 0.584. The third-order valence-corrected chi connectivity index (χ3v) is 4.33. The second-order valence-electron chi connectivity index (χ2n) is 6.34. The van der Waals surface area contributed by atoms with E-state index >= 15 is 0 Å². The van der Waals surface area contributed by atoms with Crippen LogP contribution in [-0.2, 0) is 6.42 Å². The normalized spacial score (nSPS) is 16.9. The van der Waals surface area contributed by atoms with E-state index in [4.69, 9.17) is 0 Å². The van der Waals surface area contributed by atoms with Crippen LogP contribution in [0.4, 0.5) is 5.69 Å². The van der Waals surface area contributed by atoms with Gasteiger partial charge in [-0.25, -0.2) is 0 Å². The summed E-state index contributed by atoms with van der Waals surface area (Å²) in [7, 11) is 0. The molecule has 0 saturated carbocycles. The van der Waals surface area contributed by atoms with E-state index in [9.17, 15) is 0 Å². The van der Waals surface area contributed by atoms with Crippen molar-refractivity contribution in [1.29, 1.82) is 0 Å². The Morgan fingerprint density at radius 1 is 1.20 bits per heavy atom. The SMILES string of the molecule is CCCNC(CN1CCCCc2ccccc21)C(C)C. The number of hydrogen-bond acceptors (Lipinski definition) is 2. The first-order chi connectivity index (χ1) is 9.72. The van der Waals surface area contributed by atoms with Crippen molar-refractivity contribution < 1.29 is 0 Å². The van der Waals surface area contributed by atoms with Crippen molar-refractivity contribution in [2.24, 2.45) is 5.92 Å². The van der Waals surface area contributed by atoms with Crippen molar-refractivity contribution in [2.45, 2.75) is 52.5 Å². The summed E-state index contributed by atoms with van der Waals surface area (Å²) in [4.78, 5) is 2.61. The molecule has 0 bridgehead atoms. The maximum absolute atomic E-state index is 3.73. The summed E-state index contributed by atoms with van der Waals surface area (Å²) in [5, 5.41) is 3.73. The highest BCUT2D eigenvalue weighted by molar-refractivity contribution is 5.54. The highest BCUT2D eigenvalue weighted by atomic mass is 15.2. The zero-order chi connectivity index (χ0) is 14.4. The lowest BCUT2D eigenvalue weighted by atomic mass is 10.0. The third kappa shape index (κ3) is 3.99. The Balaban J connectivity index is 2.10. The fraction of sp³-hybridized carbons (Fsp3) is 0.667. The van der Waals surface area contributed by atoms with E-state index in [0.717, 1.165) is 13.1 Å². The van der Waals surface area contributed by atoms with Crippen LogP contribution < -0.4 is 10.2 Å². The van der Waals surface area contributed by atoms with E-state index < -0.39 is 0 Å². The fourth-order valence-corrected chi connectivity index (χ4v) is 3.04. The average molecular weight is 274 g/mol. The Kier molecular flexibility index (Phi) is 5.90. The largest absolute Gasteiger partial charge is 0.370 e. The van der Waals surface area contributed by atoms with Crippen molar-refractivity contribution >= 4 is 5.69 Å². The summed E-state index contributed by atoms with van der Waals surface area (Å²) in [5.74, 6) is 0.678. The van der Waals surface area contributed by atoms with Crippen LogP contribution in [-0.4, -0.2) is 25.7 Å². The molecular weight excluding hydrogens is 244 g/mol. The molecule has 1 atom stereocenters. The molecule has 1 heterocycles. The van der Waals surface area contributed by atoms with Gasteiger partial charge in [0.1, 0.15) is 0 Å². The predicted octanol–water partition coefficient (Wildman–Crippen LogP) is 3.85. The van der Waals surface area contributed by atoms with Gasteiger partial charge in [0.15, 0.2) is 0 Å². The van der Waals surface area contributed by atoms with Gasteiger partial charge in [0, 0.05) is 24.8 Å². The lowest BCUT2D eigenvalue weighted by molar-refractivity contribution is 0.397. The molecule has 1 aromatic rings. The summed E-state index contributed by atoms with van der Waals surface area (Å²) < 4.78 is 0. The Bertz CT molecular complexity index is 400. The summed E-state index contributed by atoms with van der Waals surface area (Å²) in [6.07, 6.45) is 5.08. The molecular formula is C18H30N2. The predicted molar refractivity (Wildman–Crippen MR) is 88.5 cm³/mol. The Labute approximate surface area is 124 Å². The molecule has 0 aliphatic carbocycles. The number of hydrogen-bond donors (Lipinski definition) is 1. The van der Waals surface area contributed by atoms with Gasteiger partial charge in [0.05, 0.1) is 0 Å². The molecule has 0 spiro atoms. The Morgan fingerprint density at radius 3 is 2.75 bits per heavy atom. The molecule has 0 fully saturated rings. The topological polar surface area (TPSA) is 15.3 Å². The van der Waals surface area contributed by atoms with Crippen LogP contribution in [0.15, 0.2) is 24.3 Å².